The second-order valence-electron chi connectivity index (χ2n) is 5.27. The zero-order valence-corrected chi connectivity index (χ0v) is 12.2. The molecule has 2 rings (SSSR count). The van der Waals surface area contributed by atoms with E-state index in [4.69, 9.17) is 27.9 Å². The number of rotatable bonds is 3. The molecule has 4 heteroatoms. The van der Waals surface area contributed by atoms with E-state index in [1.54, 1.807) is 19.2 Å². The lowest BCUT2D eigenvalue weighted by molar-refractivity contribution is 0.0409. The lowest BCUT2D eigenvalue weighted by atomic mass is 9.79. The average Bonchev–Trinajstić information content (AvgIpc) is 2.79. The number of hydrogen-bond acceptors (Lipinski definition) is 2. The molecule has 0 saturated heterocycles. The van der Waals surface area contributed by atoms with Crippen LogP contribution in [0.2, 0.25) is 10.0 Å². The van der Waals surface area contributed by atoms with Gasteiger partial charge in [0.1, 0.15) is 5.75 Å². The van der Waals surface area contributed by atoms with Crippen LogP contribution in [-0.2, 0) is 0 Å². The van der Waals surface area contributed by atoms with Crippen LogP contribution in [0.4, 0.5) is 0 Å². The lowest BCUT2D eigenvalue weighted by Crippen LogP contribution is -2.22. The normalized spacial score (nSPS) is 19.8. The van der Waals surface area contributed by atoms with E-state index in [1.807, 2.05) is 0 Å². The summed E-state index contributed by atoms with van der Waals surface area (Å²) in [7, 11) is 1.55. The fourth-order valence-electron chi connectivity index (χ4n) is 2.74. The van der Waals surface area contributed by atoms with Crippen molar-refractivity contribution in [2.45, 2.75) is 38.7 Å². The number of aliphatic hydroxyl groups is 1. The Morgan fingerprint density at radius 1 is 1.22 bits per heavy atom. The maximum atomic E-state index is 10.6. The maximum Gasteiger partial charge on any atom is 0.138 e. The summed E-state index contributed by atoms with van der Waals surface area (Å²) in [4.78, 5) is 0. The van der Waals surface area contributed by atoms with E-state index in [0.717, 1.165) is 25.7 Å². The Hall–Kier alpha value is -0.440. The van der Waals surface area contributed by atoms with Crippen LogP contribution in [0.5, 0.6) is 5.75 Å². The summed E-state index contributed by atoms with van der Waals surface area (Å²) in [6, 6.07) is 3.39. The van der Waals surface area contributed by atoms with Crippen molar-refractivity contribution in [2.24, 2.45) is 5.41 Å². The fourth-order valence-corrected chi connectivity index (χ4v) is 3.25. The highest BCUT2D eigenvalue weighted by Gasteiger charge is 2.37. The molecule has 1 aromatic carbocycles. The first kappa shape index (κ1) is 14.0. The molecule has 1 aliphatic rings. The van der Waals surface area contributed by atoms with Crippen molar-refractivity contribution in [3.8, 4) is 5.75 Å². The highest BCUT2D eigenvalue weighted by atomic mass is 35.5. The molecule has 1 N–H and O–H groups in total. The Balaban J connectivity index is 2.36. The van der Waals surface area contributed by atoms with Crippen LogP contribution in [0, 0.1) is 5.41 Å². The molecule has 1 fully saturated rings. The minimum atomic E-state index is -0.573. The van der Waals surface area contributed by atoms with Gasteiger partial charge in [-0.25, -0.2) is 0 Å². The first-order valence-electron chi connectivity index (χ1n) is 6.19. The standard InChI is InChI=1S/C14H18Cl2O2/c1-14(5-3-4-6-14)13(17)9-7-11(16)12(18-2)8-10(9)15/h7-8,13,17H,3-6H2,1-2H3. The van der Waals surface area contributed by atoms with Gasteiger partial charge < -0.3 is 9.84 Å². The van der Waals surface area contributed by atoms with Crippen molar-refractivity contribution in [3.63, 3.8) is 0 Å². The topological polar surface area (TPSA) is 29.5 Å². The molecule has 0 radical (unpaired) electrons. The quantitative estimate of drug-likeness (QED) is 0.880. The molecule has 1 aliphatic carbocycles. The van der Waals surface area contributed by atoms with E-state index in [9.17, 15) is 5.11 Å². The van der Waals surface area contributed by atoms with E-state index < -0.39 is 6.10 Å². The summed E-state index contributed by atoms with van der Waals surface area (Å²) >= 11 is 12.3. The zero-order chi connectivity index (χ0) is 13.3. The predicted molar refractivity (Wildman–Crippen MR) is 74.5 cm³/mol. The monoisotopic (exact) mass is 288 g/mol. The summed E-state index contributed by atoms with van der Waals surface area (Å²) in [5, 5.41) is 11.6. The molecule has 0 aromatic heterocycles. The average molecular weight is 289 g/mol. The first-order valence-corrected chi connectivity index (χ1v) is 6.94. The van der Waals surface area contributed by atoms with Gasteiger partial charge in [-0.05, 0) is 24.3 Å². The van der Waals surface area contributed by atoms with Gasteiger partial charge in [-0.2, -0.15) is 0 Å². The highest BCUT2D eigenvalue weighted by Crippen LogP contribution is 2.49. The van der Waals surface area contributed by atoms with Gasteiger partial charge in [0, 0.05) is 11.6 Å². The number of ether oxygens (including phenoxy) is 1. The molecule has 0 bridgehead atoms. The summed E-state index contributed by atoms with van der Waals surface area (Å²) in [6.07, 6.45) is 3.79. The van der Waals surface area contributed by atoms with E-state index in [1.165, 1.54) is 0 Å². The van der Waals surface area contributed by atoms with Gasteiger partial charge in [0.25, 0.3) is 0 Å². The second kappa shape index (κ2) is 5.28. The number of halogens is 2. The Bertz CT molecular complexity index is 440. The molecule has 1 unspecified atom stereocenters. The molecule has 100 valence electrons. The van der Waals surface area contributed by atoms with Crippen LogP contribution < -0.4 is 4.74 Å². The Morgan fingerprint density at radius 2 is 1.83 bits per heavy atom. The van der Waals surface area contributed by atoms with Crippen LogP contribution in [0.3, 0.4) is 0 Å². The maximum absolute atomic E-state index is 10.6. The summed E-state index contributed by atoms with van der Waals surface area (Å²) in [5.74, 6) is 0.536. The lowest BCUT2D eigenvalue weighted by Gasteiger charge is -2.31. The molecule has 18 heavy (non-hydrogen) atoms. The Labute approximate surface area is 118 Å². The van der Waals surface area contributed by atoms with Gasteiger partial charge in [-0.1, -0.05) is 43.0 Å². The molecule has 1 atom stereocenters. The summed E-state index contributed by atoms with van der Waals surface area (Å²) in [5.41, 5.74) is 0.605. The van der Waals surface area contributed by atoms with Gasteiger partial charge in [-0.15, -0.1) is 0 Å². The molecular weight excluding hydrogens is 271 g/mol. The van der Waals surface area contributed by atoms with Crippen molar-refractivity contribution in [3.05, 3.63) is 27.7 Å². The van der Waals surface area contributed by atoms with Gasteiger partial charge in [0.15, 0.2) is 0 Å². The molecule has 0 spiro atoms. The number of hydrogen-bond donors (Lipinski definition) is 1. The second-order valence-corrected chi connectivity index (χ2v) is 6.09. The number of aliphatic hydroxyl groups excluding tert-OH is 1. The van der Waals surface area contributed by atoms with Crippen molar-refractivity contribution in [2.75, 3.05) is 7.11 Å². The van der Waals surface area contributed by atoms with Crippen molar-refractivity contribution >= 4 is 23.2 Å². The largest absolute Gasteiger partial charge is 0.495 e. The fraction of sp³-hybridized carbons (Fsp3) is 0.571. The highest BCUT2D eigenvalue weighted by molar-refractivity contribution is 6.34. The molecular formula is C14H18Cl2O2. The third-order valence-corrected chi connectivity index (χ3v) is 4.59. The van der Waals surface area contributed by atoms with Crippen LogP contribution >= 0.6 is 23.2 Å². The summed E-state index contributed by atoms with van der Waals surface area (Å²) in [6.45, 7) is 2.11. The van der Waals surface area contributed by atoms with Crippen LogP contribution in [0.1, 0.15) is 44.3 Å². The third kappa shape index (κ3) is 2.47. The SMILES string of the molecule is COc1cc(Cl)c(C(O)C2(C)CCCC2)cc1Cl. The molecule has 0 amide bonds. The molecule has 2 nitrogen and oxygen atoms in total. The smallest absolute Gasteiger partial charge is 0.138 e. The van der Waals surface area contributed by atoms with Crippen LogP contribution in [-0.4, -0.2) is 12.2 Å². The van der Waals surface area contributed by atoms with Crippen molar-refractivity contribution < 1.29 is 9.84 Å². The Morgan fingerprint density at radius 3 is 2.39 bits per heavy atom. The van der Waals surface area contributed by atoms with Gasteiger partial charge in [-0.3, -0.25) is 0 Å². The predicted octanol–water partition coefficient (Wildman–Crippen LogP) is 4.62. The summed E-state index contributed by atoms with van der Waals surface area (Å²) < 4.78 is 5.11. The van der Waals surface area contributed by atoms with Gasteiger partial charge in [0.05, 0.1) is 23.3 Å². The number of methoxy groups -OCH3 is 1. The number of benzene rings is 1. The Kier molecular flexibility index (Phi) is 4.10. The minimum Gasteiger partial charge on any atom is -0.495 e. The molecule has 0 aliphatic heterocycles. The third-order valence-electron chi connectivity index (χ3n) is 3.97. The van der Waals surface area contributed by atoms with Gasteiger partial charge in [0.2, 0.25) is 0 Å². The first-order chi connectivity index (χ1) is 8.48. The minimum absolute atomic E-state index is 0.0957. The van der Waals surface area contributed by atoms with E-state index in [0.29, 0.717) is 21.4 Å². The van der Waals surface area contributed by atoms with E-state index >= 15 is 0 Å². The van der Waals surface area contributed by atoms with Crippen molar-refractivity contribution in [1.82, 2.24) is 0 Å². The molecule has 0 heterocycles. The van der Waals surface area contributed by atoms with E-state index in [-0.39, 0.29) is 5.41 Å². The van der Waals surface area contributed by atoms with Crippen molar-refractivity contribution in [1.29, 1.82) is 0 Å². The molecule has 1 saturated carbocycles. The zero-order valence-electron chi connectivity index (χ0n) is 10.7. The van der Waals surface area contributed by atoms with Crippen LogP contribution in [0.25, 0.3) is 0 Å². The van der Waals surface area contributed by atoms with Crippen LogP contribution in [0.15, 0.2) is 12.1 Å². The van der Waals surface area contributed by atoms with E-state index in [2.05, 4.69) is 6.92 Å². The van der Waals surface area contributed by atoms with Gasteiger partial charge >= 0.3 is 0 Å². The molecule has 1 aromatic rings.